The molecule has 3 rings (SSSR count). The van der Waals surface area contributed by atoms with E-state index in [2.05, 4.69) is 9.98 Å². The van der Waals surface area contributed by atoms with Gasteiger partial charge in [-0.3, -0.25) is 9.78 Å². The SMILES string of the molecule is CCC(=O)NS(=O)(=O)C1=CC=C(C2C=C(C(F)(F)F)N=C2c2cccnc2C)CC1. The predicted molar refractivity (Wildman–Crippen MR) is 106 cm³/mol. The van der Waals surface area contributed by atoms with Crippen molar-refractivity contribution in [3.63, 3.8) is 0 Å². The maximum Gasteiger partial charge on any atom is 0.433 e. The van der Waals surface area contributed by atoms with E-state index in [1.165, 1.54) is 19.1 Å². The lowest BCUT2D eigenvalue weighted by molar-refractivity contribution is -0.119. The van der Waals surface area contributed by atoms with Gasteiger partial charge in [-0.1, -0.05) is 18.6 Å². The summed E-state index contributed by atoms with van der Waals surface area (Å²) in [5.74, 6) is -1.36. The normalized spacial score (nSPS) is 19.6. The summed E-state index contributed by atoms with van der Waals surface area (Å²) in [4.78, 5) is 19.4. The molecule has 1 aliphatic heterocycles. The van der Waals surface area contributed by atoms with Crippen molar-refractivity contribution in [1.82, 2.24) is 9.71 Å². The largest absolute Gasteiger partial charge is 0.433 e. The molecule has 1 amide bonds. The third-order valence-electron chi connectivity index (χ3n) is 4.89. The molecule has 2 heterocycles. The monoisotopic (exact) mass is 439 g/mol. The number of aliphatic imine (C=N–C) groups is 1. The second-order valence-corrected chi connectivity index (χ2v) is 8.65. The number of alkyl halides is 3. The number of pyridine rings is 1. The summed E-state index contributed by atoms with van der Waals surface area (Å²) in [6, 6.07) is 3.29. The maximum absolute atomic E-state index is 13.3. The van der Waals surface area contributed by atoms with Gasteiger partial charge < -0.3 is 0 Å². The minimum Gasteiger partial charge on any atom is -0.274 e. The van der Waals surface area contributed by atoms with E-state index in [1.54, 1.807) is 25.3 Å². The Hall–Kier alpha value is -2.75. The van der Waals surface area contributed by atoms with Gasteiger partial charge in [0.15, 0.2) is 0 Å². The fourth-order valence-corrected chi connectivity index (χ4v) is 4.49. The Morgan fingerprint density at radius 1 is 1.27 bits per heavy atom. The Labute approximate surface area is 172 Å². The van der Waals surface area contributed by atoms with Crippen LogP contribution in [-0.4, -0.2) is 31.2 Å². The van der Waals surface area contributed by atoms with Gasteiger partial charge in [-0.2, -0.15) is 13.2 Å². The van der Waals surface area contributed by atoms with Crippen LogP contribution in [-0.2, 0) is 14.8 Å². The number of carbonyl (C=O) groups excluding carboxylic acids is 1. The standard InChI is InChI=1S/C20H20F3N3O3S/c1-3-18(27)26-30(28,29)14-8-6-13(7-9-14)16-11-17(20(21,22)23)25-19(16)15-5-4-10-24-12(15)2/h4-6,8,10-11,16H,3,7,9H2,1-2H3,(H,26,27). The predicted octanol–water partition coefficient (Wildman–Crippen LogP) is 3.72. The summed E-state index contributed by atoms with van der Waals surface area (Å²) in [6.07, 6.45) is 1.14. The highest BCUT2D eigenvalue weighted by Gasteiger charge is 2.40. The molecule has 0 saturated carbocycles. The van der Waals surface area contributed by atoms with Gasteiger partial charge in [0.05, 0.1) is 10.6 Å². The third-order valence-corrected chi connectivity index (χ3v) is 6.42. The number of aromatic nitrogens is 1. The summed E-state index contributed by atoms with van der Waals surface area (Å²) in [5.41, 5.74) is 0.923. The highest BCUT2D eigenvalue weighted by atomic mass is 32.2. The lowest BCUT2D eigenvalue weighted by Gasteiger charge is -2.21. The number of allylic oxidation sites excluding steroid dienone is 6. The lowest BCUT2D eigenvalue weighted by Crippen LogP contribution is -2.31. The second kappa shape index (κ2) is 8.17. The molecule has 1 N–H and O–H groups in total. The van der Waals surface area contributed by atoms with Crippen LogP contribution in [0.1, 0.15) is 37.4 Å². The van der Waals surface area contributed by atoms with Gasteiger partial charge in [-0.25, -0.2) is 18.1 Å². The van der Waals surface area contributed by atoms with E-state index >= 15 is 0 Å². The number of amides is 1. The van der Waals surface area contributed by atoms with E-state index < -0.39 is 33.7 Å². The van der Waals surface area contributed by atoms with Crippen molar-refractivity contribution in [2.24, 2.45) is 10.9 Å². The van der Waals surface area contributed by atoms with E-state index in [1.807, 2.05) is 4.72 Å². The molecule has 160 valence electrons. The Kier molecular flexibility index (Phi) is 5.98. The van der Waals surface area contributed by atoms with Crippen molar-refractivity contribution >= 4 is 21.6 Å². The van der Waals surface area contributed by atoms with Gasteiger partial charge in [0.2, 0.25) is 5.91 Å². The van der Waals surface area contributed by atoms with Crippen LogP contribution in [0.4, 0.5) is 13.2 Å². The number of rotatable bonds is 5. The number of sulfonamides is 1. The number of nitrogens with zero attached hydrogens (tertiary/aromatic N) is 2. The van der Waals surface area contributed by atoms with Gasteiger partial charge in [0.1, 0.15) is 5.70 Å². The summed E-state index contributed by atoms with van der Waals surface area (Å²) in [6.45, 7) is 3.22. The number of halogens is 3. The number of nitrogens with one attached hydrogen (secondary N) is 1. The van der Waals surface area contributed by atoms with E-state index in [0.717, 1.165) is 6.08 Å². The van der Waals surface area contributed by atoms with Gasteiger partial charge in [0, 0.05) is 29.8 Å². The molecule has 0 saturated heterocycles. The van der Waals surface area contributed by atoms with E-state index in [4.69, 9.17) is 0 Å². The van der Waals surface area contributed by atoms with Crippen LogP contribution in [0.5, 0.6) is 0 Å². The first-order chi connectivity index (χ1) is 14.0. The number of hydrogen-bond acceptors (Lipinski definition) is 5. The summed E-state index contributed by atoms with van der Waals surface area (Å²) in [7, 11) is -3.97. The van der Waals surface area contributed by atoms with Crippen LogP contribution in [0.25, 0.3) is 0 Å². The molecule has 10 heteroatoms. The summed E-state index contributed by atoms with van der Waals surface area (Å²) >= 11 is 0. The molecule has 1 unspecified atom stereocenters. The van der Waals surface area contributed by atoms with Crippen molar-refractivity contribution in [3.8, 4) is 0 Å². The molecule has 0 bridgehead atoms. The minimum absolute atomic E-state index is 0.0159. The van der Waals surface area contributed by atoms with E-state index in [0.29, 0.717) is 16.8 Å². The zero-order valence-corrected chi connectivity index (χ0v) is 17.1. The molecular formula is C20H20F3N3O3S. The quantitative estimate of drug-likeness (QED) is 0.758. The molecule has 0 spiro atoms. The zero-order valence-electron chi connectivity index (χ0n) is 16.3. The number of hydrogen-bond donors (Lipinski definition) is 1. The van der Waals surface area contributed by atoms with E-state index in [9.17, 15) is 26.4 Å². The molecule has 1 aromatic heterocycles. The Bertz CT molecular complexity index is 1100. The Balaban J connectivity index is 1.97. The van der Waals surface area contributed by atoms with Crippen molar-refractivity contribution in [1.29, 1.82) is 0 Å². The molecule has 30 heavy (non-hydrogen) atoms. The first-order valence-electron chi connectivity index (χ1n) is 9.27. The Morgan fingerprint density at radius 2 is 2.00 bits per heavy atom. The molecule has 6 nitrogen and oxygen atoms in total. The molecule has 2 aliphatic rings. The van der Waals surface area contributed by atoms with Crippen molar-refractivity contribution in [2.75, 3.05) is 0 Å². The van der Waals surface area contributed by atoms with Crippen LogP contribution < -0.4 is 4.72 Å². The average molecular weight is 439 g/mol. The molecule has 0 radical (unpaired) electrons. The van der Waals surface area contributed by atoms with Crippen molar-refractivity contribution in [2.45, 2.75) is 39.3 Å². The van der Waals surface area contributed by atoms with Gasteiger partial charge >= 0.3 is 6.18 Å². The average Bonchev–Trinajstić information content (AvgIpc) is 3.13. The highest BCUT2D eigenvalue weighted by molar-refractivity contribution is 7.93. The van der Waals surface area contributed by atoms with E-state index in [-0.39, 0.29) is 29.9 Å². The fourth-order valence-electron chi connectivity index (χ4n) is 3.30. The minimum atomic E-state index is -4.60. The third kappa shape index (κ3) is 4.53. The fraction of sp³-hybridized carbons (Fsp3) is 0.350. The van der Waals surface area contributed by atoms with Crippen molar-refractivity contribution in [3.05, 3.63) is 64.0 Å². The number of carbonyl (C=O) groups is 1. The molecule has 1 atom stereocenters. The summed E-state index contributed by atoms with van der Waals surface area (Å²) in [5, 5.41) is 0. The van der Waals surface area contributed by atoms with Crippen LogP contribution in [0.2, 0.25) is 0 Å². The number of aryl methyl sites for hydroxylation is 1. The van der Waals surface area contributed by atoms with Crippen LogP contribution >= 0.6 is 0 Å². The van der Waals surface area contributed by atoms with Gasteiger partial charge in [-0.15, -0.1) is 0 Å². The zero-order chi connectivity index (χ0) is 22.1. The molecule has 0 aromatic carbocycles. The van der Waals surface area contributed by atoms with Crippen LogP contribution in [0, 0.1) is 12.8 Å². The second-order valence-electron chi connectivity index (χ2n) is 6.92. The lowest BCUT2D eigenvalue weighted by atomic mass is 9.86. The van der Waals surface area contributed by atoms with Crippen LogP contribution in [0.3, 0.4) is 0 Å². The van der Waals surface area contributed by atoms with Gasteiger partial charge in [-0.05, 0) is 44.1 Å². The first kappa shape index (κ1) is 21.9. The highest BCUT2D eigenvalue weighted by Crippen LogP contribution is 2.39. The molecule has 1 aromatic rings. The molecule has 0 fully saturated rings. The molecule has 1 aliphatic carbocycles. The van der Waals surface area contributed by atoms with Gasteiger partial charge in [0.25, 0.3) is 10.0 Å². The first-order valence-corrected chi connectivity index (χ1v) is 10.8. The van der Waals surface area contributed by atoms with Crippen LogP contribution in [0.15, 0.2) is 57.7 Å². The summed E-state index contributed by atoms with van der Waals surface area (Å²) < 4.78 is 66.5. The van der Waals surface area contributed by atoms with Crippen molar-refractivity contribution < 1.29 is 26.4 Å². The maximum atomic E-state index is 13.3. The molecular weight excluding hydrogens is 419 g/mol. The topological polar surface area (TPSA) is 88.5 Å². The smallest absolute Gasteiger partial charge is 0.274 e. The Morgan fingerprint density at radius 3 is 2.57 bits per heavy atom.